The Kier molecular flexibility index (Phi) is 2.75. The molecule has 0 aliphatic rings. The van der Waals surface area contributed by atoms with Gasteiger partial charge in [-0.3, -0.25) is 0 Å². The predicted octanol–water partition coefficient (Wildman–Crippen LogP) is 3.62. The fourth-order valence-corrected chi connectivity index (χ4v) is 2.38. The van der Waals surface area contributed by atoms with E-state index in [4.69, 9.17) is 0 Å². The van der Waals surface area contributed by atoms with Gasteiger partial charge in [-0.15, -0.1) is 0 Å². The van der Waals surface area contributed by atoms with Gasteiger partial charge in [-0.1, -0.05) is 36.4 Å². The fraction of sp³-hybridized carbons (Fsp3) is 0.188. The highest BCUT2D eigenvalue weighted by Crippen LogP contribution is 2.28. The van der Waals surface area contributed by atoms with Crippen molar-refractivity contribution in [3.8, 4) is 11.4 Å². The minimum atomic E-state index is 0.751. The van der Waals surface area contributed by atoms with E-state index in [1.807, 2.05) is 19.9 Å². The number of aryl methyl sites for hydroxylation is 3. The molecular weight excluding hydrogens is 234 g/mol. The molecule has 0 saturated heterocycles. The van der Waals surface area contributed by atoms with Gasteiger partial charge in [-0.2, -0.15) is 0 Å². The number of nitrogens with zero attached hydrogens (tertiary/aromatic N) is 3. The first-order valence-corrected chi connectivity index (χ1v) is 6.33. The molecule has 0 bridgehead atoms. The first-order valence-electron chi connectivity index (χ1n) is 6.33. The van der Waals surface area contributed by atoms with E-state index in [1.165, 1.54) is 16.3 Å². The molecule has 3 nitrogen and oxygen atoms in total. The molecule has 0 fully saturated rings. The third-order valence-corrected chi connectivity index (χ3v) is 3.24. The van der Waals surface area contributed by atoms with Gasteiger partial charge in [-0.25, -0.2) is 15.0 Å². The molecule has 0 unspecified atom stereocenters. The highest BCUT2D eigenvalue weighted by Gasteiger charge is 2.09. The lowest BCUT2D eigenvalue weighted by atomic mass is 10.00. The van der Waals surface area contributed by atoms with Gasteiger partial charge in [0.25, 0.3) is 0 Å². The second-order valence-corrected chi connectivity index (χ2v) is 4.73. The Hall–Kier alpha value is -2.29. The van der Waals surface area contributed by atoms with E-state index in [0.29, 0.717) is 0 Å². The number of aromatic nitrogens is 3. The lowest BCUT2D eigenvalue weighted by molar-refractivity contribution is 0.929. The molecular formula is C16H15N3. The number of hydrogen-bond donors (Lipinski definition) is 0. The summed E-state index contributed by atoms with van der Waals surface area (Å²) in [5.74, 6) is 2.26. The van der Waals surface area contributed by atoms with Crippen LogP contribution in [-0.2, 0) is 0 Å². The second kappa shape index (κ2) is 4.43. The van der Waals surface area contributed by atoms with E-state index in [0.717, 1.165) is 23.0 Å². The van der Waals surface area contributed by atoms with Gasteiger partial charge >= 0.3 is 0 Å². The van der Waals surface area contributed by atoms with Crippen molar-refractivity contribution in [3.05, 3.63) is 53.6 Å². The average molecular weight is 249 g/mol. The van der Waals surface area contributed by atoms with Gasteiger partial charge < -0.3 is 0 Å². The number of hydrogen-bond acceptors (Lipinski definition) is 3. The average Bonchev–Trinajstić information content (AvgIpc) is 2.38. The number of fused-ring (bicyclic) bond motifs is 1. The van der Waals surface area contributed by atoms with Crippen molar-refractivity contribution in [1.29, 1.82) is 0 Å². The largest absolute Gasteiger partial charge is 0.219 e. The predicted molar refractivity (Wildman–Crippen MR) is 77.0 cm³/mol. The molecule has 3 aromatic rings. The molecule has 0 aliphatic carbocycles. The zero-order valence-electron chi connectivity index (χ0n) is 11.3. The highest BCUT2D eigenvalue weighted by molar-refractivity contribution is 5.96. The maximum Gasteiger partial charge on any atom is 0.163 e. The van der Waals surface area contributed by atoms with Crippen molar-refractivity contribution >= 4 is 10.8 Å². The molecule has 0 radical (unpaired) electrons. The molecule has 2 aromatic carbocycles. The van der Waals surface area contributed by atoms with Gasteiger partial charge in [0.1, 0.15) is 11.6 Å². The molecule has 0 N–H and O–H groups in total. The van der Waals surface area contributed by atoms with E-state index in [9.17, 15) is 0 Å². The standard InChI is InChI=1S/C16H15N3/c1-10-8-9-15(14-7-5-4-6-13(10)14)16-18-11(2)17-12(3)19-16/h4-9H,1-3H3. The molecule has 3 rings (SSSR count). The summed E-state index contributed by atoms with van der Waals surface area (Å²) in [6.07, 6.45) is 0. The maximum absolute atomic E-state index is 4.46. The quantitative estimate of drug-likeness (QED) is 0.661. The first-order chi connectivity index (χ1) is 9.15. The van der Waals surface area contributed by atoms with Crippen LogP contribution in [0.2, 0.25) is 0 Å². The van der Waals surface area contributed by atoms with Gasteiger partial charge in [-0.05, 0) is 37.1 Å². The van der Waals surface area contributed by atoms with Gasteiger partial charge in [0.2, 0.25) is 0 Å². The lowest BCUT2D eigenvalue weighted by Crippen LogP contribution is -1.99. The summed E-state index contributed by atoms with van der Waals surface area (Å²) in [7, 11) is 0. The SMILES string of the molecule is Cc1nc(C)nc(-c2ccc(C)c3ccccc23)n1. The molecule has 0 spiro atoms. The molecule has 0 atom stereocenters. The molecule has 0 saturated carbocycles. The summed E-state index contributed by atoms with van der Waals surface area (Å²) < 4.78 is 0. The minimum Gasteiger partial charge on any atom is -0.219 e. The number of rotatable bonds is 1. The Morgan fingerprint density at radius 2 is 1.32 bits per heavy atom. The summed E-state index contributed by atoms with van der Waals surface area (Å²) in [5, 5.41) is 2.43. The number of benzene rings is 2. The molecule has 1 heterocycles. The molecule has 0 amide bonds. The van der Waals surface area contributed by atoms with Crippen LogP contribution in [0, 0.1) is 20.8 Å². The van der Waals surface area contributed by atoms with Crippen LogP contribution in [0.4, 0.5) is 0 Å². The zero-order chi connectivity index (χ0) is 13.4. The van der Waals surface area contributed by atoms with Crippen molar-refractivity contribution in [2.75, 3.05) is 0 Å². The van der Waals surface area contributed by atoms with E-state index in [1.54, 1.807) is 0 Å². The van der Waals surface area contributed by atoms with Crippen LogP contribution in [0.3, 0.4) is 0 Å². The van der Waals surface area contributed by atoms with Crippen LogP contribution in [-0.4, -0.2) is 15.0 Å². The Morgan fingerprint density at radius 1 is 0.684 bits per heavy atom. The van der Waals surface area contributed by atoms with Crippen molar-refractivity contribution in [2.45, 2.75) is 20.8 Å². The van der Waals surface area contributed by atoms with E-state index in [2.05, 4.69) is 52.2 Å². The van der Waals surface area contributed by atoms with E-state index >= 15 is 0 Å². The maximum atomic E-state index is 4.46. The lowest BCUT2D eigenvalue weighted by Gasteiger charge is -2.08. The normalized spacial score (nSPS) is 10.9. The van der Waals surface area contributed by atoms with Crippen LogP contribution >= 0.6 is 0 Å². The Labute approximate surface area is 112 Å². The van der Waals surface area contributed by atoms with E-state index in [-0.39, 0.29) is 0 Å². The molecule has 94 valence electrons. The molecule has 3 heteroatoms. The first kappa shape index (κ1) is 11.8. The third-order valence-electron chi connectivity index (χ3n) is 3.24. The Balaban J connectivity index is 2.34. The van der Waals surface area contributed by atoms with Crippen molar-refractivity contribution < 1.29 is 0 Å². The van der Waals surface area contributed by atoms with Crippen LogP contribution in [0.15, 0.2) is 36.4 Å². The fourth-order valence-electron chi connectivity index (χ4n) is 2.38. The Bertz CT molecular complexity index is 743. The Morgan fingerprint density at radius 3 is 2.00 bits per heavy atom. The zero-order valence-corrected chi connectivity index (χ0v) is 11.3. The minimum absolute atomic E-state index is 0.751. The molecule has 1 aromatic heterocycles. The van der Waals surface area contributed by atoms with Crippen molar-refractivity contribution in [1.82, 2.24) is 15.0 Å². The van der Waals surface area contributed by atoms with Gasteiger partial charge in [0.15, 0.2) is 5.82 Å². The van der Waals surface area contributed by atoms with E-state index < -0.39 is 0 Å². The summed E-state index contributed by atoms with van der Waals surface area (Å²) in [6.45, 7) is 5.92. The molecule has 19 heavy (non-hydrogen) atoms. The second-order valence-electron chi connectivity index (χ2n) is 4.73. The van der Waals surface area contributed by atoms with Crippen LogP contribution in [0.25, 0.3) is 22.2 Å². The third kappa shape index (κ3) is 2.08. The van der Waals surface area contributed by atoms with Crippen LogP contribution < -0.4 is 0 Å². The van der Waals surface area contributed by atoms with Crippen LogP contribution in [0.1, 0.15) is 17.2 Å². The smallest absolute Gasteiger partial charge is 0.163 e. The monoisotopic (exact) mass is 249 g/mol. The van der Waals surface area contributed by atoms with Crippen molar-refractivity contribution in [2.24, 2.45) is 0 Å². The summed E-state index contributed by atoms with van der Waals surface area (Å²) in [4.78, 5) is 13.2. The van der Waals surface area contributed by atoms with Crippen LogP contribution in [0.5, 0.6) is 0 Å². The topological polar surface area (TPSA) is 38.7 Å². The summed E-state index contributed by atoms with van der Waals surface area (Å²) >= 11 is 0. The van der Waals surface area contributed by atoms with Gasteiger partial charge in [0.05, 0.1) is 0 Å². The summed E-state index contributed by atoms with van der Waals surface area (Å²) in [5.41, 5.74) is 2.33. The molecule has 0 aliphatic heterocycles. The summed E-state index contributed by atoms with van der Waals surface area (Å²) in [6, 6.07) is 12.6. The van der Waals surface area contributed by atoms with Crippen molar-refractivity contribution in [3.63, 3.8) is 0 Å². The van der Waals surface area contributed by atoms with Gasteiger partial charge in [0, 0.05) is 5.56 Å². The highest BCUT2D eigenvalue weighted by atomic mass is 15.0.